The molecule has 120 valence electrons. The summed E-state index contributed by atoms with van der Waals surface area (Å²) in [6.07, 6.45) is -0.0556. The van der Waals surface area contributed by atoms with Gasteiger partial charge in [0.25, 0.3) is 0 Å². The molecule has 3 aromatic heterocycles. The van der Waals surface area contributed by atoms with Crippen molar-refractivity contribution >= 4 is 33.6 Å². The highest BCUT2D eigenvalue weighted by molar-refractivity contribution is 7.18. The van der Waals surface area contributed by atoms with Crippen molar-refractivity contribution in [2.75, 3.05) is 0 Å². The Morgan fingerprint density at radius 2 is 2.00 bits per heavy atom. The van der Waals surface area contributed by atoms with E-state index in [1.165, 1.54) is 0 Å². The minimum Gasteiger partial charge on any atom is -0.481 e. The molecule has 1 aromatic carbocycles. The Labute approximate surface area is 146 Å². The zero-order chi connectivity index (χ0) is 16.7. The number of aryl methyl sites for hydroxylation is 1. The predicted octanol–water partition coefficient (Wildman–Crippen LogP) is 4.73. The summed E-state index contributed by atoms with van der Waals surface area (Å²) in [6.45, 7) is 2.06. The molecule has 3 heterocycles. The first-order chi connectivity index (χ1) is 11.6. The highest BCUT2D eigenvalue weighted by Gasteiger charge is 2.22. The van der Waals surface area contributed by atoms with Crippen LogP contribution in [0.15, 0.2) is 47.8 Å². The molecular weight excluding hydrogens is 340 g/mol. The van der Waals surface area contributed by atoms with Crippen LogP contribution >= 0.6 is 22.7 Å². The number of thiazole rings is 1. The lowest BCUT2D eigenvalue weighted by molar-refractivity contribution is -0.136. The van der Waals surface area contributed by atoms with Gasteiger partial charge in [0.2, 0.25) is 0 Å². The normalized spacial score (nSPS) is 11.2. The largest absolute Gasteiger partial charge is 0.481 e. The van der Waals surface area contributed by atoms with E-state index in [2.05, 4.69) is 13.0 Å². The molecule has 0 aliphatic rings. The van der Waals surface area contributed by atoms with Gasteiger partial charge in [0, 0.05) is 10.4 Å². The minimum atomic E-state index is -0.852. The molecular formula is C18H14N2O2S2. The molecule has 0 aliphatic heterocycles. The van der Waals surface area contributed by atoms with Crippen LogP contribution in [0.1, 0.15) is 10.6 Å². The number of carboxylic acids is 1. The number of thiophene rings is 1. The maximum Gasteiger partial charge on any atom is 0.309 e. The van der Waals surface area contributed by atoms with Gasteiger partial charge in [-0.3, -0.25) is 9.20 Å². The molecule has 0 saturated heterocycles. The summed E-state index contributed by atoms with van der Waals surface area (Å²) in [6, 6.07) is 13.8. The Balaban J connectivity index is 2.04. The number of benzene rings is 1. The van der Waals surface area contributed by atoms with Crippen LogP contribution in [-0.4, -0.2) is 20.5 Å². The van der Waals surface area contributed by atoms with Crippen LogP contribution in [0.5, 0.6) is 0 Å². The van der Waals surface area contributed by atoms with Gasteiger partial charge in [-0.05, 0) is 18.4 Å². The summed E-state index contributed by atoms with van der Waals surface area (Å²) in [4.78, 5) is 19.3. The van der Waals surface area contributed by atoms with Gasteiger partial charge < -0.3 is 5.11 Å². The van der Waals surface area contributed by atoms with E-state index in [-0.39, 0.29) is 6.42 Å². The first-order valence-corrected chi connectivity index (χ1v) is 9.16. The maximum absolute atomic E-state index is 11.5. The van der Waals surface area contributed by atoms with Gasteiger partial charge in [-0.1, -0.05) is 36.4 Å². The molecule has 4 rings (SSSR count). The van der Waals surface area contributed by atoms with Crippen molar-refractivity contribution in [1.82, 2.24) is 9.38 Å². The Morgan fingerprint density at radius 1 is 1.21 bits per heavy atom. The van der Waals surface area contributed by atoms with Crippen LogP contribution in [0.4, 0.5) is 0 Å². The van der Waals surface area contributed by atoms with Crippen molar-refractivity contribution in [3.8, 4) is 21.8 Å². The van der Waals surface area contributed by atoms with Gasteiger partial charge in [-0.15, -0.1) is 22.7 Å². The highest BCUT2D eigenvalue weighted by Crippen LogP contribution is 2.38. The van der Waals surface area contributed by atoms with Crippen molar-refractivity contribution in [3.05, 3.63) is 58.4 Å². The fraction of sp³-hybridized carbons (Fsp3) is 0.111. The predicted molar refractivity (Wildman–Crippen MR) is 97.9 cm³/mol. The van der Waals surface area contributed by atoms with Crippen LogP contribution in [0.25, 0.3) is 26.8 Å². The average Bonchev–Trinajstić information content (AvgIpc) is 3.25. The van der Waals surface area contributed by atoms with Crippen molar-refractivity contribution in [2.24, 2.45) is 0 Å². The number of nitrogens with zero attached hydrogens (tertiary/aromatic N) is 2. The second-order valence-corrected chi connectivity index (χ2v) is 7.58. The summed E-state index contributed by atoms with van der Waals surface area (Å²) in [5, 5.41) is 11.4. The average molecular weight is 354 g/mol. The first-order valence-electron chi connectivity index (χ1n) is 7.47. The summed E-state index contributed by atoms with van der Waals surface area (Å²) < 4.78 is 2.02. The quantitative estimate of drug-likeness (QED) is 0.576. The second kappa shape index (κ2) is 5.89. The molecule has 0 aliphatic carbocycles. The molecule has 0 unspecified atom stereocenters. The van der Waals surface area contributed by atoms with Crippen molar-refractivity contribution in [3.63, 3.8) is 0 Å². The van der Waals surface area contributed by atoms with E-state index in [9.17, 15) is 9.90 Å². The lowest BCUT2D eigenvalue weighted by Crippen LogP contribution is -2.05. The third-order valence-corrected chi connectivity index (χ3v) is 5.70. The Bertz CT molecular complexity index is 1010. The SMILES string of the molecule is Cc1sc2nc(-c3ccccc3)c(CC(=O)O)n2c1-c1cccs1. The first kappa shape index (κ1) is 15.1. The Kier molecular flexibility index (Phi) is 3.70. The van der Waals surface area contributed by atoms with Gasteiger partial charge in [-0.2, -0.15) is 0 Å². The molecule has 1 N–H and O–H groups in total. The molecule has 4 nitrogen and oxygen atoms in total. The highest BCUT2D eigenvalue weighted by atomic mass is 32.1. The zero-order valence-corrected chi connectivity index (χ0v) is 14.5. The molecule has 0 radical (unpaired) electrons. The third kappa shape index (κ3) is 2.44. The van der Waals surface area contributed by atoms with Crippen molar-refractivity contribution in [1.29, 1.82) is 0 Å². The van der Waals surface area contributed by atoms with Gasteiger partial charge in [0.05, 0.1) is 28.4 Å². The molecule has 0 spiro atoms. The Hall–Kier alpha value is -2.44. The van der Waals surface area contributed by atoms with Gasteiger partial charge >= 0.3 is 5.97 Å². The number of rotatable bonds is 4. The molecule has 0 bridgehead atoms. The molecule has 0 atom stereocenters. The lowest BCUT2D eigenvalue weighted by atomic mass is 10.1. The van der Waals surface area contributed by atoms with E-state index < -0.39 is 5.97 Å². The summed E-state index contributed by atoms with van der Waals surface area (Å²) in [7, 11) is 0. The molecule has 24 heavy (non-hydrogen) atoms. The van der Waals surface area contributed by atoms with Crippen LogP contribution in [-0.2, 0) is 11.2 Å². The van der Waals surface area contributed by atoms with Crippen LogP contribution < -0.4 is 0 Å². The standard InChI is InChI=1S/C18H14N2O2S2/c1-11-17(14-8-5-9-23-14)20-13(10-15(21)22)16(19-18(20)24-11)12-6-3-2-4-7-12/h2-9H,10H2,1H3,(H,21,22). The zero-order valence-electron chi connectivity index (χ0n) is 12.9. The summed E-state index contributed by atoms with van der Waals surface area (Å²) >= 11 is 3.25. The molecule has 0 fully saturated rings. The van der Waals surface area contributed by atoms with Crippen LogP contribution in [0, 0.1) is 6.92 Å². The van der Waals surface area contributed by atoms with Crippen LogP contribution in [0.2, 0.25) is 0 Å². The van der Waals surface area contributed by atoms with Crippen molar-refractivity contribution < 1.29 is 9.90 Å². The van der Waals surface area contributed by atoms with Gasteiger partial charge in [0.1, 0.15) is 0 Å². The molecule has 0 saturated carbocycles. The number of aliphatic carboxylic acids is 1. The lowest BCUT2D eigenvalue weighted by Gasteiger charge is -2.05. The third-order valence-electron chi connectivity index (χ3n) is 3.86. The topological polar surface area (TPSA) is 54.6 Å². The molecule has 6 heteroatoms. The molecule has 0 amide bonds. The van der Waals surface area contributed by atoms with E-state index in [0.717, 1.165) is 37.4 Å². The van der Waals surface area contributed by atoms with Gasteiger partial charge in [-0.25, -0.2) is 4.98 Å². The monoisotopic (exact) mass is 354 g/mol. The summed E-state index contributed by atoms with van der Waals surface area (Å²) in [5.41, 5.74) is 3.48. The second-order valence-electron chi connectivity index (χ2n) is 5.45. The molecule has 4 aromatic rings. The Morgan fingerprint density at radius 3 is 2.67 bits per heavy atom. The maximum atomic E-state index is 11.5. The van der Waals surface area contributed by atoms with E-state index in [1.54, 1.807) is 22.7 Å². The fourth-order valence-electron chi connectivity index (χ4n) is 2.90. The van der Waals surface area contributed by atoms with E-state index >= 15 is 0 Å². The van der Waals surface area contributed by atoms with E-state index in [0.29, 0.717) is 0 Å². The number of imidazole rings is 1. The number of hydrogen-bond donors (Lipinski definition) is 1. The minimum absolute atomic E-state index is 0.0556. The van der Waals surface area contributed by atoms with E-state index in [4.69, 9.17) is 4.98 Å². The smallest absolute Gasteiger partial charge is 0.309 e. The fourth-order valence-corrected chi connectivity index (χ4v) is 4.79. The number of carboxylic acid groups (broad SMARTS) is 1. The van der Waals surface area contributed by atoms with Gasteiger partial charge in [0.15, 0.2) is 4.96 Å². The summed E-state index contributed by atoms with van der Waals surface area (Å²) in [5.74, 6) is -0.852. The number of hydrogen-bond acceptors (Lipinski definition) is 4. The van der Waals surface area contributed by atoms with Crippen molar-refractivity contribution in [2.45, 2.75) is 13.3 Å². The number of aromatic nitrogens is 2. The number of fused-ring (bicyclic) bond motifs is 1. The van der Waals surface area contributed by atoms with Crippen LogP contribution in [0.3, 0.4) is 0 Å². The number of carbonyl (C=O) groups is 1. The van der Waals surface area contributed by atoms with E-state index in [1.807, 2.05) is 46.2 Å².